The second-order valence-electron chi connectivity index (χ2n) is 6.58. The molecule has 3 rings (SSSR count). The van der Waals surface area contributed by atoms with Gasteiger partial charge in [0.15, 0.2) is 0 Å². The largest absolute Gasteiger partial charge is 0.367 e. The zero-order valence-corrected chi connectivity index (χ0v) is 16.8. The highest BCUT2D eigenvalue weighted by Gasteiger charge is 2.41. The summed E-state index contributed by atoms with van der Waals surface area (Å²) < 4.78 is 2.19. The van der Waals surface area contributed by atoms with E-state index < -0.39 is 16.4 Å². The molecule has 0 radical (unpaired) electrons. The van der Waals surface area contributed by atoms with Gasteiger partial charge in [-0.3, -0.25) is 4.79 Å². The number of thioether (sulfide) groups is 1. The van der Waals surface area contributed by atoms with Crippen LogP contribution in [-0.4, -0.2) is 22.8 Å². The number of fused-ring (bicyclic) bond motifs is 3. The third-order valence-corrected chi connectivity index (χ3v) is 6.37. The van der Waals surface area contributed by atoms with Gasteiger partial charge in [-0.15, -0.1) is 29.0 Å². The Bertz CT molecular complexity index is 1040. The molecule has 3 nitrogen and oxygen atoms in total. The van der Waals surface area contributed by atoms with Gasteiger partial charge in [-0.2, -0.15) is 0 Å². The molecule has 134 valence electrons. The first kappa shape index (κ1) is 18.8. The van der Waals surface area contributed by atoms with E-state index in [1.165, 1.54) is 0 Å². The Morgan fingerprint density at radius 2 is 1.85 bits per heavy atom. The molecule has 1 atom stereocenters. The predicted molar refractivity (Wildman–Crippen MR) is 112 cm³/mol. The molecule has 2 aromatic carbocycles. The lowest BCUT2D eigenvalue weighted by Crippen LogP contribution is -2.50. The van der Waals surface area contributed by atoms with E-state index in [-0.39, 0.29) is 0 Å². The molecule has 0 saturated carbocycles. The van der Waals surface area contributed by atoms with Gasteiger partial charge in [-0.05, 0) is 39.2 Å². The lowest BCUT2D eigenvalue weighted by molar-refractivity contribution is -0.133. The summed E-state index contributed by atoms with van der Waals surface area (Å²) in [5.41, 5.74) is -0.113. The zero-order chi connectivity index (χ0) is 18.9. The van der Waals surface area contributed by atoms with E-state index >= 15 is 0 Å². The van der Waals surface area contributed by atoms with Gasteiger partial charge >= 0.3 is 0 Å². The van der Waals surface area contributed by atoms with Crippen molar-refractivity contribution >= 4 is 49.2 Å². The SMILES string of the molecule is CC#CC(C)(C)NC(=O)C(O)(SC)c1cccc2sc3ccccc3c12. The molecule has 1 unspecified atom stereocenters. The van der Waals surface area contributed by atoms with E-state index in [0.29, 0.717) is 5.56 Å². The molecule has 1 aromatic heterocycles. The Morgan fingerprint density at radius 1 is 1.15 bits per heavy atom. The maximum absolute atomic E-state index is 13.0. The summed E-state index contributed by atoms with van der Waals surface area (Å²) in [6.07, 6.45) is 1.74. The minimum absolute atomic E-state index is 0.458. The van der Waals surface area contributed by atoms with Crippen LogP contribution >= 0.6 is 23.1 Å². The van der Waals surface area contributed by atoms with Crippen molar-refractivity contribution < 1.29 is 9.90 Å². The van der Waals surface area contributed by atoms with Crippen molar-refractivity contribution in [2.45, 2.75) is 31.2 Å². The molecule has 0 spiro atoms. The summed E-state index contributed by atoms with van der Waals surface area (Å²) in [5, 5.41) is 16.2. The van der Waals surface area contributed by atoms with Crippen LogP contribution < -0.4 is 5.32 Å². The minimum atomic E-state index is -1.70. The van der Waals surface area contributed by atoms with Gasteiger partial charge in [0, 0.05) is 25.7 Å². The van der Waals surface area contributed by atoms with Crippen molar-refractivity contribution in [1.29, 1.82) is 0 Å². The molecular formula is C21H21NO2S2. The van der Waals surface area contributed by atoms with Crippen LogP contribution in [0, 0.1) is 11.8 Å². The number of benzene rings is 2. The van der Waals surface area contributed by atoms with Crippen LogP contribution in [0.1, 0.15) is 26.3 Å². The fourth-order valence-electron chi connectivity index (χ4n) is 3.09. The molecule has 26 heavy (non-hydrogen) atoms. The number of hydrogen-bond acceptors (Lipinski definition) is 4. The number of rotatable bonds is 4. The second-order valence-corrected chi connectivity index (χ2v) is 8.66. The van der Waals surface area contributed by atoms with E-state index in [1.54, 1.807) is 24.5 Å². The first-order chi connectivity index (χ1) is 12.3. The van der Waals surface area contributed by atoms with Gasteiger partial charge in [0.05, 0.1) is 5.54 Å². The molecule has 0 aliphatic carbocycles. The summed E-state index contributed by atoms with van der Waals surface area (Å²) in [6.45, 7) is 5.37. The van der Waals surface area contributed by atoms with Gasteiger partial charge < -0.3 is 10.4 Å². The van der Waals surface area contributed by atoms with Gasteiger partial charge in [0.1, 0.15) is 0 Å². The highest BCUT2D eigenvalue weighted by Crippen LogP contribution is 2.43. The maximum Gasteiger partial charge on any atom is 0.268 e. The Hall–Kier alpha value is -2.00. The van der Waals surface area contributed by atoms with E-state index in [9.17, 15) is 9.90 Å². The average molecular weight is 384 g/mol. The first-order valence-corrected chi connectivity index (χ1v) is 10.3. The summed E-state index contributed by atoms with van der Waals surface area (Å²) >= 11 is 2.78. The van der Waals surface area contributed by atoms with Gasteiger partial charge in [-0.25, -0.2) is 0 Å². The number of hydrogen-bond donors (Lipinski definition) is 2. The summed E-state index contributed by atoms with van der Waals surface area (Å²) in [4.78, 5) is 11.3. The fraction of sp³-hybridized carbons (Fsp3) is 0.286. The highest BCUT2D eigenvalue weighted by molar-refractivity contribution is 8.00. The molecule has 0 aliphatic rings. The zero-order valence-electron chi connectivity index (χ0n) is 15.2. The fourth-order valence-corrected chi connectivity index (χ4v) is 4.85. The molecular weight excluding hydrogens is 362 g/mol. The van der Waals surface area contributed by atoms with Crippen LogP contribution in [-0.2, 0) is 9.73 Å². The van der Waals surface area contributed by atoms with E-state index in [2.05, 4.69) is 23.2 Å². The van der Waals surface area contributed by atoms with Crippen LogP contribution in [0.4, 0.5) is 0 Å². The molecule has 1 heterocycles. The van der Waals surface area contributed by atoms with Gasteiger partial charge in [-0.1, -0.05) is 36.3 Å². The van der Waals surface area contributed by atoms with E-state index in [0.717, 1.165) is 31.9 Å². The Morgan fingerprint density at radius 3 is 2.54 bits per heavy atom. The number of thiophene rings is 1. The normalized spacial score (nSPS) is 13.9. The number of amides is 1. The van der Waals surface area contributed by atoms with E-state index in [1.807, 2.05) is 50.2 Å². The summed E-state index contributed by atoms with van der Waals surface area (Å²) in [6, 6.07) is 13.8. The van der Waals surface area contributed by atoms with Crippen molar-refractivity contribution in [2.24, 2.45) is 0 Å². The summed E-state index contributed by atoms with van der Waals surface area (Å²) in [5.74, 6) is 5.32. The number of aliphatic hydroxyl groups is 1. The van der Waals surface area contributed by atoms with Crippen LogP contribution in [0.5, 0.6) is 0 Å². The number of carbonyl (C=O) groups is 1. The third kappa shape index (κ3) is 3.21. The van der Waals surface area contributed by atoms with Crippen LogP contribution in [0.25, 0.3) is 20.2 Å². The molecule has 0 fully saturated rings. The lowest BCUT2D eigenvalue weighted by Gasteiger charge is -2.30. The molecule has 0 saturated heterocycles. The van der Waals surface area contributed by atoms with Gasteiger partial charge in [0.25, 0.3) is 5.91 Å². The molecule has 5 heteroatoms. The molecule has 0 aliphatic heterocycles. The summed E-state index contributed by atoms with van der Waals surface area (Å²) in [7, 11) is 0. The Labute approximate surface area is 161 Å². The standard InChI is InChI=1S/C21H21NO2S2/c1-5-13-20(2,3)22-19(23)21(24,25-4)15-10-8-12-17-18(15)14-9-6-7-11-16(14)26-17/h6-12,24H,1-4H3,(H,22,23). The first-order valence-electron chi connectivity index (χ1n) is 8.27. The monoisotopic (exact) mass is 383 g/mol. The van der Waals surface area contributed by atoms with Crippen LogP contribution in [0.15, 0.2) is 42.5 Å². The van der Waals surface area contributed by atoms with Gasteiger partial charge in [0.2, 0.25) is 4.93 Å². The van der Waals surface area contributed by atoms with Crippen molar-refractivity contribution in [1.82, 2.24) is 5.32 Å². The predicted octanol–water partition coefficient (Wildman–Crippen LogP) is 4.48. The topological polar surface area (TPSA) is 49.3 Å². The Kier molecular flexibility index (Phi) is 5.03. The van der Waals surface area contributed by atoms with Crippen molar-refractivity contribution in [3.05, 3.63) is 48.0 Å². The van der Waals surface area contributed by atoms with Crippen molar-refractivity contribution in [3.8, 4) is 11.8 Å². The third-order valence-electron chi connectivity index (χ3n) is 4.23. The van der Waals surface area contributed by atoms with Crippen molar-refractivity contribution in [3.63, 3.8) is 0 Å². The average Bonchev–Trinajstić information content (AvgIpc) is 2.99. The maximum atomic E-state index is 13.0. The second kappa shape index (κ2) is 6.96. The van der Waals surface area contributed by atoms with E-state index in [4.69, 9.17) is 0 Å². The highest BCUT2D eigenvalue weighted by atomic mass is 32.2. The minimum Gasteiger partial charge on any atom is -0.367 e. The quantitative estimate of drug-likeness (QED) is 0.516. The smallest absolute Gasteiger partial charge is 0.268 e. The lowest BCUT2D eigenvalue weighted by atomic mass is 9.99. The Balaban J connectivity index is 2.18. The van der Waals surface area contributed by atoms with Crippen LogP contribution in [0.2, 0.25) is 0 Å². The molecule has 3 aromatic rings. The molecule has 0 bridgehead atoms. The number of carbonyl (C=O) groups excluding carboxylic acids is 1. The number of nitrogens with one attached hydrogen (secondary N) is 1. The molecule has 2 N–H and O–H groups in total. The molecule has 1 amide bonds. The van der Waals surface area contributed by atoms with Crippen molar-refractivity contribution in [2.75, 3.05) is 6.26 Å². The van der Waals surface area contributed by atoms with Crippen LogP contribution in [0.3, 0.4) is 0 Å².